The minimum absolute atomic E-state index is 0.125. The summed E-state index contributed by atoms with van der Waals surface area (Å²) in [6.45, 7) is 1.46. The molecule has 1 heterocycles. The van der Waals surface area contributed by atoms with Gasteiger partial charge in [-0.15, -0.1) is 0 Å². The van der Waals surface area contributed by atoms with E-state index in [0.29, 0.717) is 11.5 Å². The largest absolute Gasteiger partial charge is 0.398 e. The summed E-state index contributed by atoms with van der Waals surface area (Å²) in [5.74, 6) is 0.462. The quantitative estimate of drug-likeness (QED) is 0.701. The average Bonchev–Trinajstić information content (AvgIpc) is 2.49. The SMILES string of the molecule is CC(=O)Nc1nsc2c(N)cccc12. The molecule has 14 heavy (non-hydrogen) atoms. The number of amides is 1. The van der Waals surface area contributed by atoms with E-state index >= 15 is 0 Å². The van der Waals surface area contributed by atoms with Gasteiger partial charge in [0.25, 0.3) is 0 Å². The first-order chi connectivity index (χ1) is 6.68. The minimum Gasteiger partial charge on any atom is -0.398 e. The number of benzene rings is 1. The highest BCUT2D eigenvalue weighted by atomic mass is 32.1. The van der Waals surface area contributed by atoms with Crippen molar-refractivity contribution in [2.24, 2.45) is 0 Å². The number of nitrogens with two attached hydrogens (primary N) is 1. The lowest BCUT2D eigenvalue weighted by molar-refractivity contribution is -0.114. The Bertz CT molecular complexity index is 492. The topological polar surface area (TPSA) is 68.0 Å². The molecule has 3 N–H and O–H groups in total. The van der Waals surface area contributed by atoms with E-state index in [0.717, 1.165) is 10.1 Å². The van der Waals surface area contributed by atoms with Crippen molar-refractivity contribution in [3.05, 3.63) is 18.2 Å². The van der Waals surface area contributed by atoms with Gasteiger partial charge in [0.2, 0.25) is 5.91 Å². The molecular formula is C9H9N3OS. The standard InChI is InChI=1S/C9H9N3OS/c1-5(13)11-9-6-3-2-4-7(10)8(6)14-12-9/h2-4H,10H2,1H3,(H,11,12,13). The summed E-state index contributed by atoms with van der Waals surface area (Å²) in [7, 11) is 0. The van der Waals surface area contributed by atoms with Gasteiger partial charge in [-0.1, -0.05) is 6.07 Å². The van der Waals surface area contributed by atoms with Crippen molar-refractivity contribution < 1.29 is 4.79 Å². The van der Waals surface area contributed by atoms with Gasteiger partial charge in [-0.2, -0.15) is 4.37 Å². The van der Waals surface area contributed by atoms with Crippen LogP contribution in [0.15, 0.2) is 18.2 Å². The number of aromatic nitrogens is 1. The first-order valence-electron chi connectivity index (χ1n) is 4.10. The van der Waals surface area contributed by atoms with Gasteiger partial charge in [0.1, 0.15) is 0 Å². The number of hydrogen-bond donors (Lipinski definition) is 2. The van der Waals surface area contributed by atoms with Crippen molar-refractivity contribution in [3.63, 3.8) is 0 Å². The van der Waals surface area contributed by atoms with Crippen LogP contribution in [0.5, 0.6) is 0 Å². The summed E-state index contributed by atoms with van der Waals surface area (Å²) in [6.07, 6.45) is 0. The van der Waals surface area contributed by atoms with E-state index in [1.165, 1.54) is 18.5 Å². The summed E-state index contributed by atoms with van der Waals surface area (Å²) < 4.78 is 5.04. The van der Waals surface area contributed by atoms with Crippen molar-refractivity contribution in [2.75, 3.05) is 11.1 Å². The molecule has 4 nitrogen and oxygen atoms in total. The number of anilines is 2. The van der Waals surface area contributed by atoms with E-state index in [-0.39, 0.29) is 5.91 Å². The molecule has 0 aliphatic rings. The van der Waals surface area contributed by atoms with Gasteiger partial charge in [0.15, 0.2) is 5.82 Å². The molecule has 0 aliphatic heterocycles. The smallest absolute Gasteiger partial charge is 0.222 e. The predicted molar refractivity (Wildman–Crippen MR) is 58.3 cm³/mol. The Morgan fingerprint density at radius 1 is 1.57 bits per heavy atom. The highest BCUT2D eigenvalue weighted by molar-refractivity contribution is 7.14. The van der Waals surface area contributed by atoms with Crippen molar-refractivity contribution in [2.45, 2.75) is 6.92 Å². The summed E-state index contributed by atoms with van der Waals surface area (Å²) in [5.41, 5.74) is 6.45. The molecule has 2 aromatic rings. The zero-order valence-electron chi connectivity index (χ0n) is 7.57. The monoisotopic (exact) mass is 207 g/mol. The molecule has 0 aliphatic carbocycles. The predicted octanol–water partition coefficient (Wildman–Crippen LogP) is 1.84. The van der Waals surface area contributed by atoms with Gasteiger partial charge in [0, 0.05) is 12.3 Å². The first kappa shape index (κ1) is 8.96. The Balaban J connectivity index is 2.58. The van der Waals surface area contributed by atoms with Gasteiger partial charge < -0.3 is 11.1 Å². The lowest BCUT2D eigenvalue weighted by Crippen LogP contribution is -2.05. The van der Waals surface area contributed by atoms with E-state index in [1.807, 2.05) is 18.2 Å². The maximum absolute atomic E-state index is 10.9. The summed E-state index contributed by atoms with van der Waals surface area (Å²) in [6, 6.07) is 5.55. The van der Waals surface area contributed by atoms with Crippen molar-refractivity contribution >= 4 is 39.0 Å². The third kappa shape index (κ3) is 1.42. The fourth-order valence-corrected chi connectivity index (χ4v) is 2.00. The number of nitrogen functional groups attached to an aromatic ring is 1. The van der Waals surface area contributed by atoms with Crippen LogP contribution in [0.3, 0.4) is 0 Å². The van der Waals surface area contributed by atoms with Crippen LogP contribution in [-0.2, 0) is 4.79 Å². The molecular weight excluding hydrogens is 198 g/mol. The Labute approximate surface area is 84.9 Å². The molecule has 5 heteroatoms. The molecule has 0 bridgehead atoms. The van der Waals surface area contributed by atoms with Crippen LogP contribution in [-0.4, -0.2) is 10.3 Å². The average molecular weight is 207 g/mol. The molecule has 0 unspecified atom stereocenters. The van der Waals surface area contributed by atoms with Crippen LogP contribution in [0.2, 0.25) is 0 Å². The van der Waals surface area contributed by atoms with Crippen LogP contribution in [0, 0.1) is 0 Å². The van der Waals surface area contributed by atoms with Gasteiger partial charge >= 0.3 is 0 Å². The number of carbonyl (C=O) groups is 1. The normalized spacial score (nSPS) is 10.4. The fourth-order valence-electron chi connectivity index (χ4n) is 1.24. The zero-order chi connectivity index (χ0) is 10.1. The second kappa shape index (κ2) is 3.26. The van der Waals surface area contributed by atoms with Crippen molar-refractivity contribution in [1.29, 1.82) is 0 Å². The van der Waals surface area contributed by atoms with Gasteiger partial charge in [-0.05, 0) is 23.7 Å². The van der Waals surface area contributed by atoms with E-state index in [1.54, 1.807) is 0 Å². The van der Waals surface area contributed by atoms with Crippen LogP contribution in [0.4, 0.5) is 11.5 Å². The lowest BCUT2D eigenvalue weighted by atomic mass is 10.2. The summed E-state index contributed by atoms with van der Waals surface area (Å²) >= 11 is 1.29. The summed E-state index contributed by atoms with van der Waals surface area (Å²) in [5, 5.41) is 3.55. The highest BCUT2D eigenvalue weighted by Gasteiger charge is 2.08. The number of rotatable bonds is 1. The van der Waals surface area contributed by atoms with E-state index in [4.69, 9.17) is 5.73 Å². The Morgan fingerprint density at radius 3 is 3.07 bits per heavy atom. The molecule has 1 amide bonds. The number of nitrogens with one attached hydrogen (secondary N) is 1. The molecule has 72 valence electrons. The second-order valence-electron chi connectivity index (χ2n) is 2.94. The molecule has 1 aromatic carbocycles. The van der Waals surface area contributed by atoms with E-state index in [2.05, 4.69) is 9.69 Å². The maximum Gasteiger partial charge on any atom is 0.222 e. The highest BCUT2D eigenvalue weighted by Crippen LogP contribution is 2.30. The summed E-state index contributed by atoms with van der Waals surface area (Å²) in [4.78, 5) is 10.9. The van der Waals surface area contributed by atoms with Crippen LogP contribution < -0.4 is 11.1 Å². The Morgan fingerprint density at radius 2 is 2.36 bits per heavy atom. The number of carbonyl (C=O) groups excluding carboxylic acids is 1. The minimum atomic E-state index is -0.125. The third-order valence-corrected chi connectivity index (χ3v) is 2.74. The zero-order valence-corrected chi connectivity index (χ0v) is 8.39. The molecule has 0 atom stereocenters. The lowest BCUT2D eigenvalue weighted by Gasteiger charge is -1.97. The first-order valence-corrected chi connectivity index (χ1v) is 4.87. The van der Waals surface area contributed by atoms with Crippen LogP contribution in [0.1, 0.15) is 6.92 Å². The van der Waals surface area contributed by atoms with Crippen molar-refractivity contribution in [1.82, 2.24) is 4.37 Å². The third-order valence-electron chi connectivity index (χ3n) is 1.82. The molecule has 2 rings (SSSR count). The van der Waals surface area contributed by atoms with E-state index in [9.17, 15) is 4.79 Å². The Hall–Kier alpha value is -1.62. The van der Waals surface area contributed by atoms with Gasteiger partial charge in [0.05, 0.1) is 10.4 Å². The number of hydrogen-bond acceptors (Lipinski definition) is 4. The molecule has 0 spiro atoms. The van der Waals surface area contributed by atoms with Crippen LogP contribution in [0.25, 0.3) is 10.1 Å². The number of nitrogens with zero attached hydrogens (tertiary/aromatic N) is 1. The fraction of sp³-hybridized carbons (Fsp3) is 0.111. The molecule has 0 fully saturated rings. The Kier molecular flexibility index (Phi) is 2.09. The maximum atomic E-state index is 10.9. The van der Waals surface area contributed by atoms with Gasteiger partial charge in [-0.3, -0.25) is 4.79 Å². The molecule has 1 aromatic heterocycles. The van der Waals surface area contributed by atoms with Crippen LogP contribution >= 0.6 is 11.5 Å². The van der Waals surface area contributed by atoms with Gasteiger partial charge in [-0.25, -0.2) is 0 Å². The molecule has 0 radical (unpaired) electrons. The second-order valence-corrected chi connectivity index (χ2v) is 3.71. The molecule has 0 saturated heterocycles. The molecule has 0 saturated carbocycles. The van der Waals surface area contributed by atoms with E-state index < -0.39 is 0 Å². The van der Waals surface area contributed by atoms with Crippen molar-refractivity contribution in [3.8, 4) is 0 Å². The number of fused-ring (bicyclic) bond motifs is 1.